The summed E-state index contributed by atoms with van der Waals surface area (Å²) in [6, 6.07) is 6.10. The number of nitrogens with zero attached hydrogens (tertiary/aromatic N) is 2. The fourth-order valence-corrected chi connectivity index (χ4v) is 2.45. The molecule has 0 aliphatic carbocycles. The zero-order chi connectivity index (χ0) is 13.0. The quantitative estimate of drug-likeness (QED) is 0.922. The summed E-state index contributed by atoms with van der Waals surface area (Å²) >= 11 is 3.51. The molecule has 0 aliphatic rings. The second-order valence-electron chi connectivity index (χ2n) is 4.16. The molecule has 1 N–H and O–H groups in total. The van der Waals surface area contributed by atoms with Crippen molar-refractivity contribution in [2.75, 3.05) is 7.11 Å². The lowest BCUT2D eigenvalue weighted by atomic mass is 9.91. The smallest absolute Gasteiger partial charge is 0.122 e. The Morgan fingerprint density at radius 2 is 2.28 bits per heavy atom. The fraction of sp³-hybridized carbons (Fsp3) is 0.385. The first kappa shape index (κ1) is 13.1. The van der Waals surface area contributed by atoms with Gasteiger partial charge in [-0.1, -0.05) is 22.9 Å². The van der Waals surface area contributed by atoms with Crippen LogP contribution in [0.2, 0.25) is 0 Å². The van der Waals surface area contributed by atoms with E-state index in [9.17, 15) is 0 Å². The average molecular weight is 310 g/mol. The van der Waals surface area contributed by atoms with Crippen molar-refractivity contribution in [3.05, 3.63) is 40.1 Å². The van der Waals surface area contributed by atoms with Crippen LogP contribution >= 0.6 is 15.9 Å². The molecule has 1 atom stereocenters. The SMILES string of the molecule is CCC(Cc1cn[nH]n1)c1cc(Br)ccc1OC. The number of H-pyrrole nitrogens is 1. The summed E-state index contributed by atoms with van der Waals surface area (Å²) in [6.07, 6.45) is 3.66. The van der Waals surface area contributed by atoms with Crippen molar-refractivity contribution in [2.45, 2.75) is 25.7 Å². The Morgan fingerprint density at radius 3 is 2.89 bits per heavy atom. The minimum absolute atomic E-state index is 0.377. The Kier molecular flexibility index (Phi) is 4.36. The highest BCUT2D eigenvalue weighted by molar-refractivity contribution is 9.10. The molecule has 4 nitrogen and oxygen atoms in total. The number of hydrogen-bond acceptors (Lipinski definition) is 3. The van der Waals surface area contributed by atoms with E-state index in [1.165, 1.54) is 5.56 Å². The molecule has 0 amide bonds. The van der Waals surface area contributed by atoms with Crippen molar-refractivity contribution in [1.29, 1.82) is 0 Å². The number of rotatable bonds is 5. The highest BCUT2D eigenvalue weighted by Gasteiger charge is 2.16. The van der Waals surface area contributed by atoms with Crippen LogP contribution < -0.4 is 4.74 Å². The van der Waals surface area contributed by atoms with Crippen LogP contribution in [0.25, 0.3) is 0 Å². The molecule has 0 saturated carbocycles. The number of aromatic nitrogens is 3. The van der Waals surface area contributed by atoms with E-state index < -0.39 is 0 Å². The van der Waals surface area contributed by atoms with Gasteiger partial charge < -0.3 is 4.74 Å². The first-order chi connectivity index (χ1) is 8.74. The van der Waals surface area contributed by atoms with E-state index in [2.05, 4.69) is 44.3 Å². The first-order valence-corrected chi connectivity index (χ1v) is 6.72. The Bertz CT molecular complexity index is 499. The number of hydrogen-bond donors (Lipinski definition) is 1. The number of benzene rings is 1. The van der Waals surface area contributed by atoms with E-state index in [1.54, 1.807) is 13.3 Å². The van der Waals surface area contributed by atoms with E-state index in [4.69, 9.17) is 4.74 Å². The van der Waals surface area contributed by atoms with E-state index in [0.29, 0.717) is 5.92 Å². The first-order valence-electron chi connectivity index (χ1n) is 5.92. The molecule has 0 aliphatic heterocycles. The molecule has 2 rings (SSSR count). The Balaban J connectivity index is 2.28. The molecule has 0 bridgehead atoms. The molecule has 0 saturated heterocycles. The molecule has 0 fully saturated rings. The van der Waals surface area contributed by atoms with E-state index >= 15 is 0 Å². The number of ether oxygens (including phenoxy) is 1. The highest BCUT2D eigenvalue weighted by atomic mass is 79.9. The van der Waals surface area contributed by atoms with E-state index in [-0.39, 0.29) is 0 Å². The summed E-state index contributed by atoms with van der Waals surface area (Å²) in [5, 5.41) is 10.6. The van der Waals surface area contributed by atoms with Gasteiger partial charge >= 0.3 is 0 Å². The second kappa shape index (κ2) is 6.00. The maximum absolute atomic E-state index is 5.44. The van der Waals surface area contributed by atoms with Gasteiger partial charge in [0.1, 0.15) is 5.75 Å². The molecule has 5 heteroatoms. The third-order valence-corrected chi connectivity index (χ3v) is 3.54. The standard InChI is InChI=1S/C13H16BrN3O/c1-3-9(6-11-8-15-17-16-11)12-7-10(14)4-5-13(12)18-2/h4-5,7-9H,3,6H2,1-2H3,(H,15,16,17). The molecule has 1 heterocycles. The third kappa shape index (κ3) is 2.90. The molecule has 18 heavy (non-hydrogen) atoms. The molecule has 1 unspecified atom stereocenters. The van der Waals surface area contributed by atoms with Gasteiger partial charge in [0.25, 0.3) is 0 Å². The van der Waals surface area contributed by atoms with Crippen molar-refractivity contribution in [1.82, 2.24) is 15.4 Å². The molecule has 0 radical (unpaired) electrons. The van der Waals surface area contributed by atoms with Crippen molar-refractivity contribution in [2.24, 2.45) is 0 Å². The van der Waals surface area contributed by atoms with Gasteiger partial charge in [-0.15, -0.1) is 0 Å². The van der Waals surface area contributed by atoms with Crippen molar-refractivity contribution in [3.63, 3.8) is 0 Å². The van der Waals surface area contributed by atoms with Crippen LogP contribution in [0.1, 0.15) is 30.5 Å². The van der Waals surface area contributed by atoms with E-state index in [1.807, 2.05) is 12.1 Å². The molecule has 96 valence electrons. The normalized spacial score (nSPS) is 12.4. The third-order valence-electron chi connectivity index (χ3n) is 3.04. The summed E-state index contributed by atoms with van der Waals surface area (Å²) in [7, 11) is 1.70. The maximum Gasteiger partial charge on any atom is 0.122 e. The highest BCUT2D eigenvalue weighted by Crippen LogP contribution is 2.33. The number of aromatic amines is 1. The summed E-state index contributed by atoms with van der Waals surface area (Å²) < 4.78 is 6.50. The zero-order valence-electron chi connectivity index (χ0n) is 10.5. The van der Waals surface area contributed by atoms with Crippen LogP contribution in [0, 0.1) is 0 Å². The topological polar surface area (TPSA) is 50.8 Å². The Labute approximate surface area is 115 Å². The summed E-state index contributed by atoms with van der Waals surface area (Å²) in [5.41, 5.74) is 2.18. The molecule has 1 aromatic carbocycles. The lowest BCUT2D eigenvalue weighted by molar-refractivity contribution is 0.404. The fourth-order valence-electron chi connectivity index (χ4n) is 2.07. The van der Waals surface area contributed by atoms with Crippen LogP contribution in [0.4, 0.5) is 0 Å². The lowest BCUT2D eigenvalue weighted by Crippen LogP contribution is -2.04. The van der Waals surface area contributed by atoms with Gasteiger partial charge in [0.15, 0.2) is 0 Å². The van der Waals surface area contributed by atoms with Crippen molar-refractivity contribution in [3.8, 4) is 5.75 Å². The molecule has 2 aromatic rings. The maximum atomic E-state index is 5.44. The van der Waals surface area contributed by atoms with Gasteiger partial charge in [-0.2, -0.15) is 15.4 Å². The largest absolute Gasteiger partial charge is 0.496 e. The Morgan fingerprint density at radius 1 is 1.44 bits per heavy atom. The second-order valence-corrected chi connectivity index (χ2v) is 5.07. The number of halogens is 1. The summed E-state index contributed by atoms with van der Waals surface area (Å²) in [4.78, 5) is 0. The summed E-state index contributed by atoms with van der Waals surface area (Å²) in [6.45, 7) is 2.17. The number of methoxy groups -OCH3 is 1. The Hall–Kier alpha value is -1.36. The molecule has 1 aromatic heterocycles. The van der Waals surface area contributed by atoms with Gasteiger partial charge in [-0.3, -0.25) is 0 Å². The predicted molar refractivity (Wildman–Crippen MR) is 73.8 cm³/mol. The average Bonchev–Trinajstić information content (AvgIpc) is 2.88. The summed E-state index contributed by atoms with van der Waals surface area (Å²) in [5.74, 6) is 1.30. The van der Waals surface area contributed by atoms with Crippen molar-refractivity contribution < 1.29 is 4.74 Å². The lowest BCUT2D eigenvalue weighted by Gasteiger charge is -2.17. The van der Waals surface area contributed by atoms with Gasteiger partial charge in [-0.05, 0) is 36.1 Å². The van der Waals surface area contributed by atoms with Gasteiger partial charge in [-0.25, -0.2) is 0 Å². The van der Waals surface area contributed by atoms with Crippen LogP contribution in [0.3, 0.4) is 0 Å². The minimum Gasteiger partial charge on any atom is -0.496 e. The van der Waals surface area contributed by atoms with Gasteiger partial charge in [0, 0.05) is 10.9 Å². The number of nitrogens with one attached hydrogen (secondary N) is 1. The zero-order valence-corrected chi connectivity index (χ0v) is 12.1. The van der Waals surface area contributed by atoms with Crippen LogP contribution in [-0.4, -0.2) is 22.5 Å². The van der Waals surface area contributed by atoms with Crippen molar-refractivity contribution >= 4 is 15.9 Å². The minimum atomic E-state index is 0.377. The molecule has 0 spiro atoms. The van der Waals surface area contributed by atoms with E-state index in [0.717, 1.165) is 28.8 Å². The molecular formula is C13H16BrN3O. The van der Waals surface area contributed by atoms with Gasteiger partial charge in [0.2, 0.25) is 0 Å². The van der Waals surface area contributed by atoms with Crippen LogP contribution in [0.15, 0.2) is 28.9 Å². The van der Waals surface area contributed by atoms with Crippen LogP contribution in [0.5, 0.6) is 5.75 Å². The van der Waals surface area contributed by atoms with Gasteiger partial charge in [0.05, 0.1) is 19.0 Å². The molecular weight excluding hydrogens is 294 g/mol. The van der Waals surface area contributed by atoms with Crippen LogP contribution in [-0.2, 0) is 6.42 Å². The predicted octanol–water partition coefficient (Wildman–Crippen LogP) is 3.31. The monoisotopic (exact) mass is 309 g/mol.